The maximum atomic E-state index is 12.6. The SMILES string of the molecule is Cc1cccc(C(=O)NC(C)C(=O)NC(C)c2cccc3ccccc23)c1. The van der Waals surface area contributed by atoms with E-state index in [9.17, 15) is 9.59 Å². The summed E-state index contributed by atoms with van der Waals surface area (Å²) in [6.07, 6.45) is 0. The number of aryl methyl sites for hydroxylation is 1. The zero-order valence-corrected chi connectivity index (χ0v) is 15.8. The Bertz CT molecular complexity index is 976. The molecule has 3 aromatic rings. The van der Waals surface area contributed by atoms with Gasteiger partial charge >= 0.3 is 0 Å². The van der Waals surface area contributed by atoms with Crippen LogP contribution in [0, 0.1) is 6.92 Å². The van der Waals surface area contributed by atoms with Crippen LogP contribution in [0.25, 0.3) is 10.8 Å². The fourth-order valence-electron chi connectivity index (χ4n) is 3.18. The molecule has 0 radical (unpaired) electrons. The van der Waals surface area contributed by atoms with Crippen LogP contribution in [0.4, 0.5) is 0 Å². The van der Waals surface area contributed by atoms with Gasteiger partial charge in [-0.25, -0.2) is 0 Å². The molecular formula is C23H24N2O2. The minimum atomic E-state index is -0.629. The summed E-state index contributed by atoms with van der Waals surface area (Å²) in [5.74, 6) is -0.462. The molecule has 27 heavy (non-hydrogen) atoms. The molecule has 0 fully saturated rings. The Kier molecular flexibility index (Phi) is 5.55. The van der Waals surface area contributed by atoms with Crippen LogP contribution in [0.5, 0.6) is 0 Å². The van der Waals surface area contributed by atoms with Gasteiger partial charge in [0.1, 0.15) is 6.04 Å². The highest BCUT2D eigenvalue weighted by Crippen LogP contribution is 2.24. The lowest BCUT2D eigenvalue weighted by Gasteiger charge is -2.20. The molecule has 2 amide bonds. The third-order valence-electron chi connectivity index (χ3n) is 4.67. The lowest BCUT2D eigenvalue weighted by molar-refractivity contribution is -0.123. The Morgan fingerprint density at radius 1 is 0.852 bits per heavy atom. The molecule has 3 aromatic carbocycles. The average Bonchev–Trinajstić information content (AvgIpc) is 2.67. The van der Waals surface area contributed by atoms with Gasteiger partial charge in [0.25, 0.3) is 5.91 Å². The summed E-state index contributed by atoms with van der Waals surface area (Å²) in [6, 6.07) is 20.7. The first-order chi connectivity index (χ1) is 13.0. The van der Waals surface area contributed by atoms with Crippen LogP contribution in [0.1, 0.15) is 41.4 Å². The standard InChI is InChI=1S/C23H24N2O2/c1-15-8-6-11-19(14-15)23(27)25-17(3)22(26)24-16(2)20-13-7-10-18-9-4-5-12-21(18)20/h4-14,16-17H,1-3H3,(H,24,26)(H,25,27). The van der Waals surface area contributed by atoms with Crippen molar-refractivity contribution < 1.29 is 9.59 Å². The van der Waals surface area contributed by atoms with Crippen molar-refractivity contribution in [3.05, 3.63) is 83.4 Å². The molecule has 0 saturated carbocycles. The Balaban J connectivity index is 1.68. The molecule has 0 bridgehead atoms. The largest absolute Gasteiger partial charge is 0.348 e. The Morgan fingerprint density at radius 3 is 2.33 bits per heavy atom. The number of carbonyl (C=O) groups is 2. The Labute approximate surface area is 159 Å². The summed E-state index contributed by atoms with van der Waals surface area (Å²) < 4.78 is 0. The summed E-state index contributed by atoms with van der Waals surface area (Å²) in [5, 5.41) is 8.02. The van der Waals surface area contributed by atoms with Gasteiger partial charge < -0.3 is 10.6 Å². The third-order valence-corrected chi connectivity index (χ3v) is 4.67. The predicted octanol–water partition coefficient (Wildman–Crippen LogP) is 4.14. The van der Waals surface area contributed by atoms with Crippen molar-refractivity contribution in [2.45, 2.75) is 32.9 Å². The van der Waals surface area contributed by atoms with E-state index in [1.165, 1.54) is 0 Å². The van der Waals surface area contributed by atoms with Crippen molar-refractivity contribution in [2.24, 2.45) is 0 Å². The lowest BCUT2D eigenvalue weighted by Crippen LogP contribution is -2.45. The van der Waals surface area contributed by atoms with E-state index in [-0.39, 0.29) is 17.9 Å². The smallest absolute Gasteiger partial charge is 0.251 e. The van der Waals surface area contributed by atoms with E-state index < -0.39 is 6.04 Å². The molecular weight excluding hydrogens is 336 g/mol. The minimum Gasteiger partial charge on any atom is -0.348 e. The first kappa shape index (κ1) is 18.6. The molecule has 0 aliphatic rings. The molecule has 3 rings (SSSR count). The minimum absolute atomic E-state index is 0.165. The topological polar surface area (TPSA) is 58.2 Å². The van der Waals surface area contributed by atoms with Crippen LogP contribution in [-0.4, -0.2) is 17.9 Å². The summed E-state index contributed by atoms with van der Waals surface area (Å²) in [5.41, 5.74) is 2.61. The molecule has 138 valence electrons. The lowest BCUT2D eigenvalue weighted by atomic mass is 9.99. The van der Waals surface area contributed by atoms with Crippen molar-refractivity contribution in [3.8, 4) is 0 Å². The summed E-state index contributed by atoms with van der Waals surface area (Å²) in [4.78, 5) is 24.9. The maximum absolute atomic E-state index is 12.6. The van der Waals surface area contributed by atoms with Crippen LogP contribution in [-0.2, 0) is 4.79 Å². The molecule has 0 aliphatic carbocycles. The van der Waals surface area contributed by atoms with Crippen LogP contribution in [0.2, 0.25) is 0 Å². The number of carbonyl (C=O) groups excluding carboxylic acids is 2. The number of benzene rings is 3. The fraction of sp³-hybridized carbons (Fsp3) is 0.217. The predicted molar refractivity (Wildman–Crippen MR) is 109 cm³/mol. The highest BCUT2D eigenvalue weighted by Gasteiger charge is 2.19. The van der Waals surface area contributed by atoms with Gasteiger partial charge in [0, 0.05) is 5.56 Å². The first-order valence-corrected chi connectivity index (χ1v) is 9.11. The van der Waals surface area contributed by atoms with Crippen LogP contribution in [0.15, 0.2) is 66.7 Å². The van der Waals surface area contributed by atoms with Gasteiger partial charge in [0.2, 0.25) is 5.91 Å². The number of amides is 2. The highest BCUT2D eigenvalue weighted by molar-refractivity contribution is 5.97. The molecule has 2 N–H and O–H groups in total. The number of hydrogen-bond donors (Lipinski definition) is 2. The second kappa shape index (κ2) is 8.04. The van der Waals surface area contributed by atoms with Crippen LogP contribution < -0.4 is 10.6 Å². The molecule has 0 heterocycles. The van der Waals surface area contributed by atoms with Crippen molar-refractivity contribution in [2.75, 3.05) is 0 Å². The van der Waals surface area contributed by atoms with Crippen molar-refractivity contribution in [1.82, 2.24) is 10.6 Å². The number of rotatable bonds is 5. The van der Waals surface area contributed by atoms with Gasteiger partial charge in [-0.05, 0) is 49.2 Å². The summed E-state index contributed by atoms with van der Waals surface area (Å²) >= 11 is 0. The van der Waals surface area contributed by atoms with E-state index in [4.69, 9.17) is 0 Å². The second-order valence-corrected chi connectivity index (χ2v) is 6.86. The highest BCUT2D eigenvalue weighted by atomic mass is 16.2. The monoisotopic (exact) mass is 360 g/mol. The van der Waals surface area contributed by atoms with E-state index in [1.54, 1.807) is 19.1 Å². The zero-order chi connectivity index (χ0) is 19.4. The van der Waals surface area contributed by atoms with Crippen LogP contribution >= 0.6 is 0 Å². The number of nitrogens with one attached hydrogen (secondary N) is 2. The molecule has 0 spiro atoms. The Hall–Kier alpha value is -3.14. The zero-order valence-electron chi connectivity index (χ0n) is 15.8. The van der Waals surface area contributed by atoms with E-state index in [0.29, 0.717) is 5.56 Å². The molecule has 0 saturated heterocycles. The maximum Gasteiger partial charge on any atom is 0.251 e. The average molecular weight is 360 g/mol. The van der Waals surface area contributed by atoms with Crippen LogP contribution in [0.3, 0.4) is 0 Å². The first-order valence-electron chi connectivity index (χ1n) is 9.11. The van der Waals surface area contributed by atoms with Crippen molar-refractivity contribution >= 4 is 22.6 Å². The molecule has 4 heteroatoms. The third kappa shape index (κ3) is 4.34. The number of hydrogen-bond acceptors (Lipinski definition) is 2. The van der Waals surface area contributed by atoms with Crippen molar-refractivity contribution in [3.63, 3.8) is 0 Å². The number of fused-ring (bicyclic) bond motifs is 1. The molecule has 0 aliphatic heterocycles. The van der Waals surface area contributed by atoms with Gasteiger partial charge in [-0.15, -0.1) is 0 Å². The summed E-state index contributed by atoms with van der Waals surface area (Å²) in [7, 11) is 0. The quantitative estimate of drug-likeness (QED) is 0.718. The molecule has 4 nitrogen and oxygen atoms in total. The van der Waals surface area contributed by atoms with Gasteiger partial charge in [-0.1, -0.05) is 60.2 Å². The summed E-state index contributed by atoms with van der Waals surface area (Å²) in [6.45, 7) is 5.58. The second-order valence-electron chi connectivity index (χ2n) is 6.86. The fourth-order valence-corrected chi connectivity index (χ4v) is 3.18. The van der Waals surface area contributed by atoms with Gasteiger partial charge in [-0.2, -0.15) is 0 Å². The molecule has 0 aromatic heterocycles. The van der Waals surface area contributed by atoms with Gasteiger partial charge in [-0.3, -0.25) is 9.59 Å². The Morgan fingerprint density at radius 2 is 1.56 bits per heavy atom. The van der Waals surface area contributed by atoms with Gasteiger partial charge in [0.05, 0.1) is 6.04 Å². The van der Waals surface area contributed by atoms with Crippen molar-refractivity contribution in [1.29, 1.82) is 0 Å². The molecule has 2 unspecified atom stereocenters. The van der Waals surface area contributed by atoms with E-state index >= 15 is 0 Å². The van der Waals surface area contributed by atoms with E-state index in [2.05, 4.69) is 28.8 Å². The molecule has 2 atom stereocenters. The van der Waals surface area contributed by atoms with Gasteiger partial charge in [0.15, 0.2) is 0 Å². The van der Waals surface area contributed by atoms with E-state index in [0.717, 1.165) is 21.9 Å². The normalized spacial score (nSPS) is 13.0. The van der Waals surface area contributed by atoms with E-state index in [1.807, 2.05) is 50.2 Å².